The smallest absolute Gasteiger partial charge is 0.0931 e. The Balaban J connectivity index is 2.89. The number of ether oxygens (including phenoxy) is 1. The predicted octanol–water partition coefficient (Wildman–Crippen LogP) is 2.78. The van der Waals surface area contributed by atoms with Crippen molar-refractivity contribution in [3.63, 3.8) is 0 Å². The van der Waals surface area contributed by atoms with Crippen molar-refractivity contribution in [1.29, 1.82) is 0 Å². The van der Waals surface area contributed by atoms with Crippen LogP contribution in [-0.4, -0.2) is 36.4 Å². The fourth-order valence-corrected chi connectivity index (χ4v) is 2.26. The topological polar surface area (TPSA) is 45.6 Å². The first-order valence-electron chi connectivity index (χ1n) is 7.03. The van der Waals surface area contributed by atoms with Crippen molar-refractivity contribution in [2.45, 2.75) is 45.8 Å². The largest absolute Gasteiger partial charge is 0.387 e. The highest BCUT2D eigenvalue weighted by Gasteiger charge is 2.16. The third-order valence-electron chi connectivity index (χ3n) is 3.45. The van der Waals surface area contributed by atoms with Crippen molar-refractivity contribution >= 4 is 5.69 Å². The van der Waals surface area contributed by atoms with E-state index in [0.29, 0.717) is 18.3 Å². The van der Waals surface area contributed by atoms with Crippen LogP contribution in [0.1, 0.15) is 45.4 Å². The van der Waals surface area contributed by atoms with E-state index in [2.05, 4.69) is 23.7 Å². The SMILES string of the molecule is CCC(CC)N(CCOC)c1ccc([C@H](C)O)nc1. The maximum absolute atomic E-state index is 9.50. The van der Waals surface area contributed by atoms with Crippen LogP contribution in [0.25, 0.3) is 0 Å². The number of hydrogen-bond donors (Lipinski definition) is 1. The number of hydrogen-bond acceptors (Lipinski definition) is 4. The third-order valence-corrected chi connectivity index (χ3v) is 3.45. The molecule has 1 heterocycles. The Morgan fingerprint density at radius 3 is 2.42 bits per heavy atom. The fraction of sp³-hybridized carbons (Fsp3) is 0.667. The van der Waals surface area contributed by atoms with Gasteiger partial charge in [-0.25, -0.2) is 0 Å². The van der Waals surface area contributed by atoms with Gasteiger partial charge in [0.2, 0.25) is 0 Å². The maximum atomic E-state index is 9.50. The van der Waals surface area contributed by atoms with Crippen LogP contribution in [0.4, 0.5) is 5.69 Å². The summed E-state index contributed by atoms with van der Waals surface area (Å²) in [4.78, 5) is 6.66. The highest BCUT2D eigenvalue weighted by molar-refractivity contribution is 5.45. The minimum absolute atomic E-state index is 0.495. The first-order valence-corrected chi connectivity index (χ1v) is 7.03. The van der Waals surface area contributed by atoms with Crippen molar-refractivity contribution in [3.8, 4) is 0 Å². The quantitative estimate of drug-likeness (QED) is 0.786. The van der Waals surface area contributed by atoms with Crippen LogP contribution in [0.5, 0.6) is 0 Å². The summed E-state index contributed by atoms with van der Waals surface area (Å²) in [5, 5.41) is 9.50. The van der Waals surface area contributed by atoms with Gasteiger partial charge in [0.1, 0.15) is 0 Å². The zero-order chi connectivity index (χ0) is 14.3. The highest BCUT2D eigenvalue weighted by atomic mass is 16.5. The molecule has 0 saturated carbocycles. The molecule has 0 fully saturated rings. The summed E-state index contributed by atoms with van der Waals surface area (Å²) < 4.78 is 5.19. The lowest BCUT2D eigenvalue weighted by Gasteiger charge is -2.32. The van der Waals surface area contributed by atoms with Gasteiger partial charge in [-0.1, -0.05) is 13.8 Å². The van der Waals surface area contributed by atoms with Crippen molar-refractivity contribution in [3.05, 3.63) is 24.0 Å². The van der Waals surface area contributed by atoms with Gasteiger partial charge in [0.15, 0.2) is 0 Å². The van der Waals surface area contributed by atoms with Crippen LogP contribution in [0, 0.1) is 0 Å². The number of aliphatic hydroxyl groups is 1. The molecule has 0 aliphatic carbocycles. The van der Waals surface area contributed by atoms with Crippen LogP contribution in [-0.2, 0) is 4.74 Å². The zero-order valence-corrected chi connectivity index (χ0v) is 12.5. The number of anilines is 1. The number of aliphatic hydroxyl groups excluding tert-OH is 1. The molecule has 0 unspecified atom stereocenters. The molecule has 0 amide bonds. The minimum Gasteiger partial charge on any atom is -0.387 e. The molecule has 1 aromatic heterocycles. The first-order chi connectivity index (χ1) is 9.13. The molecule has 0 aliphatic rings. The predicted molar refractivity (Wildman–Crippen MR) is 78.5 cm³/mol. The van der Waals surface area contributed by atoms with Gasteiger partial charge in [-0.15, -0.1) is 0 Å². The molecule has 108 valence electrons. The summed E-state index contributed by atoms with van der Waals surface area (Å²) in [5.41, 5.74) is 1.80. The standard InChI is InChI=1S/C15H26N2O2/c1-5-13(6-2)17(9-10-19-4)14-7-8-15(12(3)18)16-11-14/h7-8,11-13,18H,5-6,9-10H2,1-4H3/t12-/m0/s1. The fourth-order valence-electron chi connectivity index (χ4n) is 2.26. The van der Waals surface area contributed by atoms with E-state index in [1.165, 1.54) is 0 Å². The number of rotatable bonds is 8. The average molecular weight is 266 g/mol. The molecule has 0 aromatic carbocycles. The summed E-state index contributed by atoms with van der Waals surface area (Å²) in [5.74, 6) is 0. The Bertz CT molecular complexity index is 348. The molecule has 0 aliphatic heterocycles. The second-order valence-corrected chi connectivity index (χ2v) is 4.77. The molecule has 19 heavy (non-hydrogen) atoms. The molecular weight excluding hydrogens is 240 g/mol. The molecule has 1 N–H and O–H groups in total. The van der Waals surface area contributed by atoms with Crippen LogP contribution in [0.2, 0.25) is 0 Å². The maximum Gasteiger partial charge on any atom is 0.0931 e. The van der Waals surface area contributed by atoms with E-state index in [9.17, 15) is 5.11 Å². The van der Waals surface area contributed by atoms with Gasteiger partial charge < -0.3 is 14.7 Å². The summed E-state index contributed by atoms with van der Waals surface area (Å²) in [6.07, 6.45) is 3.52. The van der Waals surface area contributed by atoms with Gasteiger partial charge in [0, 0.05) is 19.7 Å². The van der Waals surface area contributed by atoms with Gasteiger partial charge in [-0.2, -0.15) is 0 Å². The van der Waals surface area contributed by atoms with Crippen molar-refractivity contribution < 1.29 is 9.84 Å². The summed E-state index contributed by atoms with van der Waals surface area (Å²) in [6, 6.07) is 4.42. The van der Waals surface area contributed by atoms with Crippen LogP contribution < -0.4 is 4.90 Å². The van der Waals surface area contributed by atoms with E-state index in [4.69, 9.17) is 4.74 Å². The lowest BCUT2D eigenvalue weighted by Crippen LogP contribution is -2.37. The van der Waals surface area contributed by atoms with Crippen molar-refractivity contribution in [2.24, 2.45) is 0 Å². The van der Waals surface area contributed by atoms with E-state index in [1.807, 2.05) is 18.3 Å². The van der Waals surface area contributed by atoms with Gasteiger partial charge in [-0.3, -0.25) is 4.98 Å². The Kier molecular flexibility index (Phi) is 6.81. The first kappa shape index (κ1) is 15.9. The normalized spacial score (nSPS) is 12.7. The molecule has 0 radical (unpaired) electrons. The minimum atomic E-state index is -0.519. The molecular formula is C15H26N2O2. The van der Waals surface area contributed by atoms with Gasteiger partial charge in [0.05, 0.1) is 30.3 Å². The van der Waals surface area contributed by atoms with Gasteiger partial charge >= 0.3 is 0 Å². The lowest BCUT2D eigenvalue weighted by atomic mass is 10.1. The van der Waals surface area contributed by atoms with Crippen molar-refractivity contribution in [2.75, 3.05) is 25.2 Å². The zero-order valence-electron chi connectivity index (χ0n) is 12.5. The van der Waals surface area contributed by atoms with Crippen LogP contribution in [0.3, 0.4) is 0 Å². The Morgan fingerprint density at radius 2 is 2.00 bits per heavy atom. The molecule has 0 bridgehead atoms. The molecule has 0 saturated heterocycles. The van der Waals surface area contributed by atoms with Gasteiger partial charge in [-0.05, 0) is 31.9 Å². The van der Waals surface area contributed by atoms with E-state index < -0.39 is 6.10 Å². The molecule has 4 nitrogen and oxygen atoms in total. The molecule has 4 heteroatoms. The van der Waals surface area contributed by atoms with Crippen LogP contribution in [0.15, 0.2) is 18.3 Å². The van der Waals surface area contributed by atoms with Crippen LogP contribution >= 0.6 is 0 Å². The number of nitrogens with zero attached hydrogens (tertiary/aromatic N) is 2. The second-order valence-electron chi connectivity index (χ2n) is 4.77. The van der Waals surface area contributed by atoms with Gasteiger partial charge in [0.25, 0.3) is 0 Å². The van der Waals surface area contributed by atoms with Crippen molar-refractivity contribution in [1.82, 2.24) is 4.98 Å². The van der Waals surface area contributed by atoms with E-state index in [-0.39, 0.29) is 0 Å². The Labute approximate surface area is 116 Å². The summed E-state index contributed by atoms with van der Waals surface area (Å²) >= 11 is 0. The third kappa shape index (κ3) is 4.48. The van der Waals surface area contributed by atoms with E-state index in [0.717, 1.165) is 25.1 Å². The second kappa shape index (κ2) is 8.12. The number of methoxy groups -OCH3 is 1. The number of aromatic nitrogens is 1. The average Bonchev–Trinajstić information content (AvgIpc) is 2.43. The molecule has 1 aromatic rings. The molecule has 1 atom stereocenters. The Hall–Kier alpha value is -1.13. The highest BCUT2D eigenvalue weighted by Crippen LogP contribution is 2.21. The Morgan fingerprint density at radius 1 is 1.32 bits per heavy atom. The van der Waals surface area contributed by atoms with E-state index >= 15 is 0 Å². The lowest BCUT2D eigenvalue weighted by molar-refractivity contribution is 0.194. The van der Waals surface area contributed by atoms with E-state index in [1.54, 1.807) is 14.0 Å². The summed E-state index contributed by atoms with van der Waals surface area (Å²) in [6.45, 7) is 7.69. The summed E-state index contributed by atoms with van der Waals surface area (Å²) in [7, 11) is 1.72. The monoisotopic (exact) mass is 266 g/mol. The molecule has 1 rings (SSSR count). The molecule has 0 spiro atoms. The number of pyridine rings is 1.